The molecule has 0 radical (unpaired) electrons. The van der Waals surface area contributed by atoms with Gasteiger partial charge >= 0.3 is 0 Å². The minimum atomic E-state index is -0.310. The molecule has 2 rings (SSSR count). The summed E-state index contributed by atoms with van der Waals surface area (Å²) in [5.74, 6) is 0.0265. The van der Waals surface area contributed by atoms with E-state index >= 15 is 0 Å². The lowest BCUT2D eigenvalue weighted by Crippen LogP contribution is -2.42. The molecule has 0 spiro atoms. The first-order valence-corrected chi connectivity index (χ1v) is 7.29. The molecule has 3 unspecified atom stereocenters. The number of aliphatic hydroxyl groups excluding tert-OH is 1. The van der Waals surface area contributed by atoms with E-state index < -0.39 is 0 Å². The number of likely N-dealkylation sites (tertiary alicyclic amines) is 1. The molecule has 2 N–H and O–H groups in total. The molecule has 20 heavy (non-hydrogen) atoms. The van der Waals surface area contributed by atoms with Crippen LogP contribution >= 0.6 is 0 Å². The number of hydrogen-bond acceptors (Lipinski definition) is 4. The second kappa shape index (κ2) is 7.11. The van der Waals surface area contributed by atoms with Crippen molar-refractivity contribution in [3.63, 3.8) is 0 Å². The van der Waals surface area contributed by atoms with Crippen molar-refractivity contribution in [1.29, 1.82) is 0 Å². The number of pyridine rings is 1. The van der Waals surface area contributed by atoms with Gasteiger partial charge in [-0.1, -0.05) is 6.92 Å². The zero-order valence-electron chi connectivity index (χ0n) is 12.2. The van der Waals surface area contributed by atoms with Crippen molar-refractivity contribution in [2.24, 2.45) is 5.92 Å². The Hall–Kier alpha value is -1.04. The second-order valence-electron chi connectivity index (χ2n) is 5.70. The van der Waals surface area contributed by atoms with E-state index in [0.717, 1.165) is 38.2 Å². The fraction of sp³-hybridized carbons (Fsp3) is 0.667. The van der Waals surface area contributed by atoms with Gasteiger partial charge in [0.05, 0.1) is 24.0 Å². The van der Waals surface area contributed by atoms with E-state index in [1.807, 2.05) is 7.05 Å². The van der Waals surface area contributed by atoms with Gasteiger partial charge in [0.2, 0.25) is 0 Å². The molecule has 1 aromatic rings. The molecule has 112 valence electrons. The van der Waals surface area contributed by atoms with E-state index in [-0.39, 0.29) is 18.0 Å². The highest BCUT2D eigenvalue weighted by atomic mass is 19.1. The smallest absolute Gasteiger partial charge is 0.141 e. The van der Waals surface area contributed by atoms with E-state index in [1.165, 1.54) is 12.3 Å². The van der Waals surface area contributed by atoms with E-state index in [9.17, 15) is 9.50 Å². The Labute approximate surface area is 120 Å². The van der Waals surface area contributed by atoms with Gasteiger partial charge < -0.3 is 15.3 Å². The van der Waals surface area contributed by atoms with Crippen LogP contribution in [0.1, 0.15) is 31.5 Å². The van der Waals surface area contributed by atoms with Crippen molar-refractivity contribution in [1.82, 2.24) is 15.2 Å². The fourth-order valence-corrected chi connectivity index (χ4v) is 3.00. The van der Waals surface area contributed by atoms with Gasteiger partial charge in [-0.15, -0.1) is 0 Å². The normalized spacial score (nSPS) is 23.5. The molecular weight excluding hydrogens is 257 g/mol. The van der Waals surface area contributed by atoms with Gasteiger partial charge in [-0.3, -0.25) is 4.98 Å². The third-order valence-corrected chi connectivity index (χ3v) is 3.98. The number of halogens is 1. The highest BCUT2D eigenvalue weighted by Gasteiger charge is 2.24. The van der Waals surface area contributed by atoms with Crippen LogP contribution in [0.4, 0.5) is 4.39 Å². The predicted octanol–water partition coefficient (Wildman–Crippen LogP) is 1.57. The van der Waals surface area contributed by atoms with E-state index in [4.69, 9.17) is 0 Å². The summed E-state index contributed by atoms with van der Waals surface area (Å²) in [5, 5.41) is 13.0. The van der Waals surface area contributed by atoms with Crippen molar-refractivity contribution in [3.8, 4) is 0 Å². The number of nitrogens with zero attached hydrogens (tertiary/aromatic N) is 2. The zero-order chi connectivity index (χ0) is 14.5. The highest BCUT2D eigenvalue weighted by molar-refractivity contribution is 5.11. The summed E-state index contributed by atoms with van der Waals surface area (Å²) < 4.78 is 13.0. The maximum absolute atomic E-state index is 13.0. The van der Waals surface area contributed by atoms with Crippen LogP contribution in [0.25, 0.3) is 0 Å². The molecule has 3 atom stereocenters. The van der Waals surface area contributed by atoms with Crippen molar-refractivity contribution >= 4 is 0 Å². The fourth-order valence-electron chi connectivity index (χ4n) is 3.00. The van der Waals surface area contributed by atoms with Crippen LogP contribution < -0.4 is 5.32 Å². The predicted molar refractivity (Wildman–Crippen MR) is 76.8 cm³/mol. The molecule has 0 amide bonds. The summed E-state index contributed by atoms with van der Waals surface area (Å²) in [4.78, 5) is 6.47. The van der Waals surface area contributed by atoms with Crippen LogP contribution in [0, 0.1) is 11.7 Å². The van der Waals surface area contributed by atoms with Crippen LogP contribution in [0.15, 0.2) is 18.3 Å². The Morgan fingerprint density at radius 2 is 2.35 bits per heavy atom. The summed E-state index contributed by atoms with van der Waals surface area (Å²) in [5.41, 5.74) is 0.860. The van der Waals surface area contributed by atoms with Crippen molar-refractivity contribution in [3.05, 3.63) is 29.8 Å². The topological polar surface area (TPSA) is 48.4 Å². The quantitative estimate of drug-likeness (QED) is 0.860. The Kier molecular flexibility index (Phi) is 5.46. The Bertz CT molecular complexity index is 412. The minimum Gasteiger partial charge on any atom is -0.392 e. The largest absolute Gasteiger partial charge is 0.392 e. The van der Waals surface area contributed by atoms with Crippen LogP contribution in [-0.2, 0) is 0 Å². The van der Waals surface area contributed by atoms with Gasteiger partial charge in [0.15, 0.2) is 0 Å². The molecule has 0 aromatic carbocycles. The van der Waals surface area contributed by atoms with Gasteiger partial charge in [0, 0.05) is 13.1 Å². The third-order valence-electron chi connectivity index (χ3n) is 3.98. The van der Waals surface area contributed by atoms with E-state index in [1.54, 1.807) is 6.07 Å². The van der Waals surface area contributed by atoms with Gasteiger partial charge in [-0.2, -0.15) is 0 Å². The van der Waals surface area contributed by atoms with Gasteiger partial charge in [0.25, 0.3) is 0 Å². The molecule has 1 fully saturated rings. The first kappa shape index (κ1) is 15.4. The van der Waals surface area contributed by atoms with Crippen LogP contribution in [-0.4, -0.2) is 47.8 Å². The standard InChI is InChI=1S/C15H24FN3O/c1-11(9-19-7-3-4-13(20)10-19)15(17-2)14-6-5-12(16)8-18-14/h5-6,8,11,13,15,17,20H,3-4,7,9-10H2,1-2H3. The van der Waals surface area contributed by atoms with Crippen molar-refractivity contribution in [2.75, 3.05) is 26.7 Å². The molecule has 0 aliphatic carbocycles. The molecular formula is C15H24FN3O. The Balaban J connectivity index is 1.97. The summed E-state index contributed by atoms with van der Waals surface area (Å²) in [6, 6.07) is 3.27. The van der Waals surface area contributed by atoms with Crippen LogP contribution in [0.3, 0.4) is 0 Å². The van der Waals surface area contributed by atoms with Gasteiger partial charge in [-0.05, 0) is 44.5 Å². The molecule has 1 saturated heterocycles. The minimum absolute atomic E-state index is 0.0923. The lowest BCUT2D eigenvalue weighted by atomic mass is 9.96. The number of β-amino-alcohol motifs (C(OH)–C–C–N with tert-alkyl or cyclic N) is 1. The molecule has 2 heterocycles. The van der Waals surface area contributed by atoms with E-state index in [0.29, 0.717) is 5.92 Å². The SMILES string of the molecule is CNC(c1ccc(F)cn1)C(C)CN1CCCC(O)C1. The average molecular weight is 281 g/mol. The Morgan fingerprint density at radius 3 is 2.95 bits per heavy atom. The monoisotopic (exact) mass is 281 g/mol. The summed E-state index contributed by atoms with van der Waals surface area (Å²) in [7, 11) is 1.90. The highest BCUT2D eigenvalue weighted by Crippen LogP contribution is 2.22. The van der Waals surface area contributed by atoms with Crippen LogP contribution in [0.2, 0.25) is 0 Å². The average Bonchev–Trinajstić information content (AvgIpc) is 2.42. The third kappa shape index (κ3) is 3.98. The summed E-state index contributed by atoms with van der Waals surface area (Å²) in [6.45, 7) is 4.85. The molecule has 0 bridgehead atoms. The number of aromatic nitrogens is 1. The van der Waals surface area contributed by atoms with Gasteiger partial charge in [0.1, 0.15) is 5.82 Å². The molecule has 5 heteroatoms. The van der Waals surface area contributed by atoms with Crippen molar-refractivity contribution in [2.45, 2.75) is 31.9 Å². The number of hydrogen-bond donors (Lipinski definition) is 2. The van der Waals surface area contributed by atoms with Crippen LogP contribution in [0.5, 0.6) is 0 Å². The molecule has 0 saturated carbocycles. The molecule has 4 nitrogen and oxygen atoms in total. The number of aliphatic hydroxyl groups is 1. The Morgan fingerprint density at radius 1 is 1.55 bits per heavy atom. The first-order valence-electron chi connectivity index (χ1n) is 7.29. The van der Waals surface area contributed by atoms with Gasteiger partial charge in [-0.25, -0.2) is 4.39 Å². The molecule has 1 aliphatic heterocycles. The maximum Gasteiger partial charge on any atom is 0.141 e. The maximum atomic E-state index is 13.0. The lowest BCUT2D eigenvalue weighted by Gasteiger charge is -2.34. The summed E-state index contributed by atoms with van der Waals surface area (Å²) >= 11 is 0. The zero-order valence-corrected chi connectivity index (χ0v) is 12.2. The molecule has 1 aliphatic rings. The number of rotatable bonds is 5. The van der Waals surface area contributed by atoms with Crippen molar-refractivity contribution < 1.29 is 9.50 Å². The number of nitrogens with one attached hydrogen (secondary N) is 1. The summed E-state index contributed by atoms with van der Waals surface area (Å²) in [6.07, 6.45) is 3.01. The lowest BCUT2D eigenvalue weighted by molar-refractivity contribution is 0.0600. The first-order chi connectivity index (χ1) is 9.60. The van der Waals surface area contributed by atoms with E-state index in [2.05, 4.69) is 22.1 Å². The molecule has 1 aromatic heterocycles. The number of piperidine rings is 1. The second-order valence-corrected chi connectivity index (χ2v) is 5.70.